The second-order valence-electron chi connectivity index (χ2n) is 6.60. The van der Waals surface area contributed by atoms with Gasteiger partial charge >= 0.3 is 0 Å². The molecule has 0 bridgehead atoms. The second-order valence-corrected chi connectivity index (χ2v) is 6.60. The number of rotatable bonds is 6. The Morgan fingerprint density at radius 2 is 1.75 bits per heavy atom. The van der Waals surface area contributed by atoms with Gasteiger partial charge in [0.2, 0.25) is 0 Å². The van der Waals surface area contributed by atoms with Crippen molar-refractivity contribution in [3.05, 3.63) is 71.0 Å². The van der Waals surface area contributed by atoms with Crippen LogP contribution in [0.15, 0.2) is 48.5 Å². The van der Waals surface area contributed by atoms with Crippen LogP contribution in [0.2, 0.25) is 0 Å². The predicted octanol–water partition coefficient (Wildman–Crippen LogP) is 3.78. The number of methoxy groups -OCH3 is 2. The number of aromatic nitrogens is 2. The van der Waals surface area contributed by atoms with Gasteiger partial charge in [-0.15, -0.1) is 0 Å². The lowest BCUT2D eigenvalue weighted by molar-refractivity contribution is 0.0780. The van der Waals surface area contributed by atoms with Crippen molar-refractivity contribution in [2.45, 2.75) is 20.4 Å². The molecule has 146 valence electrons. The highest BCUT2D eigenvalue weighted by Gasteiger charge is 2.22. The van der Waals surface area contributed by atoms with Crippen LogP contribution in [0.5, 0.6) is 11.5 Å². The highest BCUT2D eigenvalue weighted by Crippen LogP contribution is 2.31. The van der Waals surface area contributed by atoms with E-state index in [4.69, 9.17) is 9.47 Å². The van der Waals surface area contributed by atoms with Crippen molar-refractivity contribution in [1.29, 1.82) is 0 Å². The van der Waals surface area contributed by atoms with Gasteiger partial charge in [0.05, 0.1) is 31.2 Å². The first-order valence-electron chi connectivity index (χ1n) is 9.04. The summed E-state index contributed by atoms with van der Waals surface area (Å²) in [7, 11) is 4.87. The zero-order chi connectivity index (χ0) is 20.3. The fourth-order valence-corrected chi connectivity index (χ4v) is 3.29. The van der Waals surface area contributed by atoms with Gasteiger partial charge in [-0.25, -0.2) is 4.68 Å². The molecule has 1 heterocycles. The van der Waals surface area contributed by atoms with E-state index in [1.165, 1.54) is 7.11 Å². The van der Waals surface area contributed by atoms with E-state index in [2.05, 4.69) is 5.10 Å². The Kier molecular flexibility index (Phi) is 5.68. The number of hydrogen-bond donors (Lipinski definition) is 0. The average molecular weight is 379 g/mol. The predicted molar refractivity (Wildman–Crippen MR) is 108 cm³/mol. The number of ether oxygens (including phenoxy) is 2. The SMILES string of the molecule is COc1cccc(C(=O)N(C)Cc2c(C)nn(-c3ccccc3)c2C)c1OC. The van der Waals surface area contributed by atoms with Crippen molar-refractivity contribution in [3.8, 4) is 17.2 Å². The number of amides is 1. The van der Waals surface area contributed by atoms with Gasteiger partial charge < -0.3 is 14.4 Å². The van der Waals surface area contributed by atoms with E-state index in [-0.39, 0.29) is 5.91 Å². The molecule has 2 aromatic carbocycles. The van der Waals surface area contributed by atoms with E-state index < -0.39 is 0 Å². The summed E-state index contributed by atoms with van der Waals surface area (Å²) in [5.41, 5.74) is 4.41. The van der Waals surface area contributed by atoms with Crippen molar-refractivity contribution in [2.75, 3.05) is 21.3 Å². The molecule has 0 saturated carbocycles. The lowest BCUT2D eigenvalue weighted by atomic mass is 10.1. The van der Waals surface area contributed by atoms with E-state index in [1.807, 2.05) is 48.9 Å². The molecule has 0 aliphatic rings. The van der Waals surface area contributed by atoms with Crippen LogP contribution in [0.4, 0.5) is 0 Å². The number of hydrogen-bond acceptors (Lipinski definition) is 4. The molecule has 0 atom stereocenters. The minimum absolute atomic E-state index is 0.137. The second kappa shape index (κ2) is 8.17. The summed E-state index contributed by atoms with van der Waals surface area (Å²) < 4.78 is 12.6. The lowest BCUT2D eigenvalue weighted by Crippen LogP contribution is -2.27. The van der Waals surface area contributed by atoms with Gasteiger partial charge in [0.25, 0.3) is 5.91 Å². The first kappa shape index (κ1) is 19.5. The van der Waals surface area contributed by atoms with E-state index in [0.717, 1.165) is 22.6 Å². The third kappa shape index (κ3) is 3.58. The Balaban J connectivity index is 1.89. The van der Waals surface area contributed by atoms with Gasteiger partial charge in [-0.3, -0.25) is 4.79 Å². The van der Waals surface area contributed by atoms with E-state index in [9.17, 15) is 4.79 Å². The molecule has 3 rings (SSSR count). The summed E-state index contributed by atoms with van der Waals surface area (Å²) >= 11 is 0. The van der Waals surface area contributed by atoms with Crippen molar-refractivity contribution in [2.24, 2.45) is 0 Å². The molecule has 6 nitrogen and oxygen atoms in total. The molecule has 0 N–H and O–H groups in total. The van der Waals surface area contributed by atoms with Crippen LogP contribution in [-0.4, -0.2) is 41.9 Å². The quantitative estimate of drug-likeness (QED) is 0.654. The first-order valence-corrected chi connectivity index (χ1v) is 9.04. The van der Waals surface area contributed by atoms with Crippen molar-refractivity contribution < 1.29 is 14.3 Å². The summed E-state index contributed by atoms with van der Waals surface area (Å²) in [4.78, 5) is 14.7. The van der Waals surface area contributed by atoms with Gasteiger partial charge in [0.15, 0.2) is 11.5 Å². The molecular formula is C22H25N3O3. The topological polar surface area (TPSA) is 56.6 Å². The van der Waals surface area contributed by atoms with Gasteiger partial charge in [-0.1, -0.05) is 24.3 Å². The number of carbonyl (C=O) groups excluding carboxylic acids is 1. The minimum Gasteiger partial charge on any atom is -0.493 e. The summed E-state index contributed by atoms with van der Waals surface area (Å²) in [5.74, 6) is 0.836. The van der Waals surface area contributed by atoms with Crippen LogP contribution in [0, 0.1) is 13.8 Å². The van der Waals surface area contributed by atoms with E-state index in [0.29, 0.717) is 23.6 Å². The Morgan fingerprint density at radius 1 is 1.04 bits per heavy atom. The molecule has 1 aromatic heterocycles. The summed E-state index contributed by atoms with van der Waals surface area (Å²) in [6.07, 6.45) is 0. The van der Waals surface area contributed by atoms with Crippen LogP contribution in [0.25, 0.3) is 5.69 Å². The monoisotopic (exact) mass is 379 g/mol. The molecule has 0 fully saturated rings. The fraction of sp³-hybridized carbons (Fsp3) is 0.273. The molecule has 0 saturated heterocycles. The summed E-state index contributed by atoms with van der Waals surface area (Å²) in [6.45, 7) is 4.43. The number of carbonyl (C=O) groups is 1. The Hall–Kier alpha value is -3.28. The summed E-state index contributed by atoms with van der Waals surface area (Å²) in [5, 5.41) is 4.66. The summed E-state index contributed by atoms with van der Waals surface area (Å²) in [6, 6.07) is 15.3. The average Bonchev–Trinajstić information content (AvgIpc) is 3.01. The van der Waals surface area contributed by atoms with Gasteiger partial charge in [-0.05, 0) is 38.1 Å². The maximum Gasteiger partial charge on any atom is 0.257 e. The molecule has 0 unspecified atom stereocenters. The third-order valence-electron chi connectivity index (χ3n) is 4.82. The van der Waals surface area contributed by atoms with Crippen molar-refractivity contribution >= 4 is 5.91 Å². The fourth-order valence-electron chi connectivity index (χ4n) is 3.29. The van der Waals surface area contributed by atoms with E-state index >= 15 is 0 Å². The molecule has 0 radical (unpaired) electrons. The smallest absolute Gasteiger partial charge is 0.257 e. The van der Waals surface area contributed by atoms with Crippen LogP contribution < -0.4 is 9.47 Å². The molecule has 0 spiro atoms. The largest absolute Gasteiger partial charge is 0.493 e. The van der Waals surface area contributed by atoms with Crippen molar-refractivity contribution in [1.82, 2.24) is 14.7 Å². The molecule has 6 heteroatoms. The number of nitrogens with zero attached hydrogens (tertiary/aromatic N) is 3. The molecule has 1 amide bonds. The van der Waals surface area contributed by atoms with Gasteiger partial charge in [0.1, 0.15) is 0 Å². The first-order chi connectivity index (χ1) is 13.5. The molecule has 28 heavy (non-hydrogen) atoms. The minimum atomic E-state index is -0.137. The molecule has 0 aliphatic heterocycles. The maximum absolute atomic E-state index is 13.1. The maximum atomic E-state index is 13.1. The molecule has 3 aromatic rings. The van der Waals surface area contributed by atoms with Crippen molar-refractivity contribution in [3.63, 3.8) is 0 Å². The molecular weight excluding hydrogens is 354 g/mol. The van der Waals surface area contributed by atoms with E-state index in [1.54, 1.807) is 37.3 Å². The highest BCUT2D eigenvalue weighted by atomic mass is 16.5. The number of benzene rings is 2. The van der Waals surface area contributed by atoms with Crippen LogP contribution in [0.3, 0.4) is 0 Å². The number of para-hydroxylation sites is 2. The lowest BCUT2D eigenvalue weighted by Gasteiger charge is -2.20. The third-order valence-corrected chi connectivity index (χ3v) is 4.82. The van der Waals surface area contributed by atoms with Crippen LogP contribution >= 0.6 is 0 Å². The van der Waals surface area contributed by atoms with Crippen LogP contribution in [-0.2, 0) is 6.54 Å². The van der Waals surface area contributed by atoms with Crippen LogP contribution in [0.1, 0.15) is 27.3 Å². The van der Waals surface area contributed by atoms with Gasteiger partial charge in [0, 0.05) is 24.8 Å². The Morgan fingerprint density at radius 3 is 2.39 bits per heavy atom. The number of aryl methyl sites for hydroxylation is 1. The highest BCUT2D eigenvalue weighted by molar-refractivity contribution is 5.97. The zero-order valence-electron chi connectivity index (χ0n) is 16.9. The van der Waals surface area contributed by atoms with Gasteiger partial charge in [-0.2, -0.15) is 5.10 Å². The Bertz CT molecular complexity index is 980. The normalized spacial score (nSPS) is 10.6. The zero-order valence-corrected chi connectivity index (χ0v) is 16.9. The Labute approximate surface area is 165 Å². The standard InChI is InChI=1S/C22H25N3O3/c1-15-19(16(2)25(23-15)17-10-7-6-8-11-17)14-24(3)22(26)18-12-9-13-20(27-4)21(18)28-5/h6-13H,14H2,1-5H3. The molecule has 0 aliphatic carbocycles.